The average Bonchev–Trinajstić information content (AvgIpc) is 2.47. The molecule has 2 aromatic heterocycles. The molecule has 2 rings (SSSR count). The fourth-order valence-electron chi connectivity index (χ4n) is 1.15. The Morgan fingerprint density at radius 2 is 2.38 bits per heavy atom. The molecule has 0 aliphatic heterocycles. The molecule has 0 saturated heterocycles. The van der Waals surface area contributed by atoms with Crippen LogP contribution < -0.4 is 5.73 Å². The minimum absolute atomic E-state index is 0.148. The summed E-state index contributed by atoms with van der Waals surface area (Å²) >= 11 is 0. The second-order valence-corrected chi connectivity index (χ2v) is 2.67. The molecular weight excluding hydrogens is 170 g/mol. The van der Waals surface area contributed by atoms with Crippen molar-refractivity contribution >= 4 is 22.7 Å². The van der Waals surface area contributed by atoms with E-state index in [1.165, 1.54) is 12.3 Å². The van der Waals surface area contributed by atoms with Crippen molar-refractivity contribution in [2.75, 3.05) is 5.73 Å². The maximum atomic E-state index is 10.6. The molecule has 0 spiro atoms. The summed E-state index contributed by atoms with van der Waals surface area (Å²) in [6, 6.07) is 1.50. The number of aromatic carboxylic acids is 1. The van der Waals surface area contributed by atoms with E-state index in [1.54, 1.807) is 6.20 Å². The van der Waals surface area contributed by atoms with Gasteiger partial charge in [0.2, 0.25) is 0 Å². The molecule has 66 valence electrons. The zero-order chi connectivity index (χ0) is 9.42. The second kappa shape index (κ2) is 2.48. The van der Waals surface area contributed by atoms with Gasteiger partial charge >= 0.3 is 5.97 Å². The molecule has 5 heteroatoms. The van der Waals surface area contributed by atoms with Crippen molar-refractivity contribution in [2.45, 2.75) is 0 Å². The third kappa shape index (κ3) is 1.10. The van der Waals surface area contributed by atoms with E-state index in [2.05, 4.69) is 9.97 Å². The normalized spacial score (nSPS) is 10.5. The van der Waals surface area contributed by atoms with Gasteiger partial charge in [-0.3, -0.25) is 4.98 Å². The van der Waals surface area contributed by atoms with Gasteiger partial charge in [-0.1, -0.05) is 0 Å². The molecule has 0 aromatic carbocycles. The van der Waals surface area contributed by atoms with E-state index in [0.29, 0.717) is 16.7 Å². The van der Waals surface area contributed by atoms with Crippen molar-refractivity contribution in [3.05, 3.63) is 24.0 Å². The van der Waals surface area contributed by atoms with Gasteiger partial charge in [-0.2, -0.15) is 0 Å². The Morgan fingerprint density at radius 3 is 3.08 bits per heavy atom. The van der Waals surface area contributed by atoms with E-state index in [0.717, 1.165) is 0 Å². The SMILES string of the molecule is Nc1c[nH]c2cc(C(=O)O)cnc12. The average molecular weight is 177 g/mol. The van der Waals surface area contributed by atoms with Crippen LogP contribution in [0.5, 0.6) is 0 Å². The maximum Gasteiger partial charge on any atom is 0.337 e. The van der Waals surface area contributed by atoms with Gasteiger partial charge in [0.05, 0.1) is 16.8 Å². The monoisotopic (exact) mass is 177 g/mol. The van der Waals surface area contributed by atoms with Gasteiger partial charge in [-0.05, 0) is 6.07 Å². The Morgan fingerprint density at radius 1 is 1.62 bits per heavy atom. The van der Waals surface area contributed by atoms with Gasteiger partial charge in [0.15, 0.2) is 0 Å². The van der Waals surface area contributed by atoms with Crippen LogP contribution >= 0.6 is 0 Å². The van der Waals surface area contributed by atoms with Crippen LogP contribution in [0.1, 0.15) is 10.4 Å². The molecule has 0 aliphatic rings. The predicted molar refractivity (Wildman–Crippen MR) is 47.5 cm³/mol. The van der Waals surface area contributed by atoms with E-state index in [9.17, 15) is 4.79 Å². The molecule has 0 unspecified atom stereocenters. The van der Waals surface area contributed by atoms with Crippen molar-refractivity contribution in [3.63, 3.8) is 0 Å². The summed E-state index contributed by atoms with van der Waals surface area (Å²) < 4.78 is 0. The summed E-state index contributed by atoms with van der Waals surface area (Å²) in [5, 5.41) is 8.67. The first kappa shape index (κ1) is 7.60. The quantitative estimate of drug-likeness (QED) is 0.601. The third-order valence-electron chi connectivity index (χ3n) is 1.79. The molecule has 2 heterocycles. The number of nitrogen functional groups attached to an aromatic ring is 1. The van der Waals surface area contributed by atoms with Crippen LogP contribution in [0.15, 0.2) is 18.5 Å². The number of nitrogens with one attached hydrogen (secondary N) is 1. The van der Waals surface area contributed by atoms with Crippen molar-refractivity contribution in [1.82, 2.24) is 9.97 Å². The fraction of sp³-hybridized carbons (Fsp3) is 0. The Kier molecular flexibility index (Phi) is 1.45. The number of carboxylic acids is 1. The summed E-state index contributed by atoms with van der Waals surface area (Å²) in [6.07, 6.45) is 2.87. The molecular formula is C8H7N3O2. The van der Waals surface area contributed by atoms with Crippen molar-refractivity contribution in [2.24, 2.45) is 0 Å². The second-order valence-electron chi connectivity index (χ2n) is 2.67. The van der Waals surface area contributed by atoms with Crippen LogP contribution in [0, 0.1) is 0 Å². The van der Waals surface area contributed by atoms with E-state index >= 15 is 0 Å². The molecule has 0 amide bonds. The molecule has 0 aliphatic carbocycles. The minimum atomic E-state index is -0.998. The predicted octanol–water partition coefficient (Wildman–Crippen LogP) is 0.843. The standard InChI is InChI=1S/C8H7N3O2/c9-5-3-10-6-1-4(8(12)13)2-11-7(5)6/h1-3,10H,9H2,(H,12,13). The lowest BCUT2D eigenvalue weighted by Gasteiger charge is -1.93. The van der Waals surface area contributed by atoms with Crippen LogP contribution in [0.25, 0.3) is 11.0 Å². The lowest BCUT2D eigenvalue weighted by atomic mass is 10.2. The Bertz CT molecular complexity index is 475. The summed E-state index contributed by atoms with van der Waals surface area (Å²) in [5.41, 5.74) is 7.47. The maximum absolute atomic E-state index is 10.6. The zero-order valence-corrected chi connectivity index (χ0v) is 6.61. The number of pyridine rings is 1. The molecule has 0 fully saturated rings. The number of fused-ring (bicyclic) bond motifs is 1. The van der Waals surface area contributed by atoms with Crippen LogP contribution in [0.4, 0.5) is 5.69 Å². The first-order valence-corrected chi connectivity index (χ1v) is 3.64. The van der Waals surface area contributed by atoms with Crippen molar-refractivity contribution in [1.29, 1.82) is 0 Å². The molecule has 5 nitrogen and oxygen atoms in total. The van der Waals surface area contributed by atoms with Gasteiger partial charge in [-0.25, -0.2) is 4.79 Å². The fourth-order valence-corrected chi connectivity index (χ4v) is 1.15. The summed E-state index contributed by atoms with van der Waals surface area (Å²) in [4.78, 5) is 17.3. The van der Waals surface area contributed by atoms with Crippen LogP contribution in [0.2, 0.25) is 0 Å². The van der Waals surface area contributed by atoms with Gasteiger partial charge in [0.1, 0.15) is 5.52 Å². The van der Waals surface area contributed by atoms with E-state index < -0.39 is 5.97 Å². The largest absolute Gasteiger partial charge is 0.478 e. The first-order valence-electron chi connectivity index (χ1n) is 3.64. The topological polar surface area (TPSA) is 92.0 Å². The summed E-state index contributed by atoms with van der Waals surface area (Å²) in [6.45, 7) is 0. The highest BCUT2D eigenvalue weighted by atomic mass is 16.4. The van der Waals surface area contributed by atoms with E-state index in [1.807, 2.05) is 0 Å². The van der Waals surface area contributed by atoms with Gasteiger partial charge < -0.3 is 15.8 Å². The third-order valence-corrected chi connectivity index (χ3v) is 1.79. The number of H-pyrrole nitrogens is 1. The first-order chi connectivity index (χ1) is 6.18. The molecule has 4 N–H and O–H groups in total. The molecule has 0 bridgehead atoms. The van der Waals surface area contributed by atoms with Crippen LogP contribution in [-0.2, 0) is 0 Å². The number of carbonyl (C=O) groups is 1. The van der Waals surface area contributed by atoms with Crippen LogP contribution in [0.3, 0.4) is 0 Å². The zero-order valence-electron chi connectivity index (χ0n) is 6.61. The highest BCUT2D eigenvalue weighted by Gasteiger charge is 2.06. The molecule has 2 aromatic rings. The Balaban J connectivity index is 2.70. The molecule has 13 heavy (non-hydrogen) atoms. The highest BCUT2D eigenvalue weighted by Crippen LogP contribution is 2.17. The van der Waals surface area contributed by atoms with Crippen molar-refractivity contribution in [3.8, 4) is 0 Å². The summed E-state index contributed by atoms with van der Waals surface area (Å²) in [5.74, 6) is -0.998. The van der Waals surface area contributed by atoms with Crippen molar-refractivity contribution < 1.29 is 9.90 Å². The number of aromatic amines is 1. The summed E-state index contributed by atoms with van der Waals surface area (Å²) in [7, 11) is 0. The number of rotatable bonds is 1. The number of nitrogens with two attached hydrogens (primary N) is 1. The Labute approximate surface area is 73.2 Å². The number of nitrogens with zero attached hydrogens (tertiary/aromatic N) is 1. The lowest BCUT2D eigenvalue weighted by Crippen LogP contribution is -1.96. The highest BCUT2D eigenvalue weighted by molar-refractivity contribution is 5.94. The molecule has 0 atom stereocenters. The van der Waals surface area contributed by atoms with Gasteiger partial charge in [0, 0.05) is 12.4 Å². The minimum Gasteiger partial charge on any atom is -0.478 e. The van der Waals surface area contributed by atoms with Crippen LogP contribution in [-0.4, -0.2) is 21.0 Å². The van der Waals surface area contributed by atoms with Gasteiger partial charge in [0.25, 0.3) is 0 Å². The molecule has 0 radical (unpaired) electrons. The lowest BCUT2D eigenvalue weighted by molar-refractivity contribution is 0.0696. The number of hydrogen-bond acceptors (Lipinski definition) is 3. The number of carboxylic acid groups (broad SMARTS) is 1. The van der Waals surface area contributed by atoms with E-state index in [-0.39, 0.29) is 5.56 Å². The van der Waals surface area contributed by atoms with E-state index in [4.69, 9.17) is 10.8 Å². The van der Waals surface area contributed by atoms with Gasteiger partial charge in [-0.15, -0.1) is 0 Å². The number of anilines is 1. The Hall–Kier alpha value is -2.04. The smallest absolute Gasteiger partial charge is 0.337 e. The number of aromatic nitrogens is 2. The number of hydrogen-bond donors (Lipinski definition) is 3. The molecule has 0 saturated carbocycles.